The van der Waals surface area contributed by atoms with Crippen molar-refractivity contribution in [3.8, 4) is 6.07 Å². The Hall–Kier alpha value is -3.38. The predicted octanol–water partition coefficient (Wildman–Crippen LogP) is 5.99. The number of aryl methyl sites for hydroxylation is 1. The highest BCUT2D eigenvalue weighted by Gasteiger charge is 2.26. The molecule has 0 bridgehead atoms. The fourth-order valence-electron chi connectivity index (χ4n) is 4.41. The molecule has 1 fully saturated rings. The number of nitrogens with zero attached hydrogens (tertiary/aromatic N) is 2. The second-order valence-electron chi connectivity index (χ2n) is 9.49. The van der Waals surface area contributed by atoms with Crippen LogP contribution in [0.4, 0.5) is 0 Å². The van der Waals surface area contributed by atoms with Gasteiger partial charge in [0.2, 0.25) is 10.0 Å². The quantitative estimate of drug-likeness (QED) is 0.260. The van der Waals surface area contributed by atoms with E-state index in [1.807, 2.05) is 37.3 Å². The number of nitrogens with one attached hydrogen (secondary N) is 1. The Balaban J connectivity index is 1.55. The van der Waals surface area contributed by atoms with Crippen LogP contribution < -0.4 is 5.32 Å². The average molecular weight is 552 g/mol. The SMILES string of the molecule is Cc1ccc(CN(Cc2ccc(/C=C(/C#N)C(=O)NC3CCCCC3)o2)S(=O)(=O)c2ccc(Cl)cc2)cc1. The molecule has 0 saturated heterocycles. The third-order valence-electron chi connectivity index (χ3n) is 6.54. The molecule has 1 aromatic heterocycles. The maximum absolute atomic E-state index is 13.6. The van der Waals surface area contributed by atoms with Gasteiger partial charge in [-0.3, -0.25) is 4.79 Å². The van der Waals surface area contributed by atoms with E-state index in [1.165, 1.54) is 34.6 Å². The van der Waals surface area contributed by atoms with Crippen LogP contribution in [0, 0.1) is 18.3 Å². The molecule has 1 aliphatic rings. The van der Waals surface area contributed by atoms with E-state index >= 15 is 0 Å². The van der Waals surface area contributed by atoms with Crippen LogP contribution in [-0.2, 0) is 27.9 Å². The second-order valence-corrected chi connectivity index (χ2v) is 11.9. The number of carbonyl (C=O) groups excluding carboxylic acids is 1. The van der Waals surface area contributed by atoms with Crippen molar-refractivity contribution in [2.24, 2.45) is 0 Å². The van der Waals surface area contributed by atoms with Gasteiger partial charge in [0, 0.05) is 23.7 Å². The lowest BCUT2D eigenvalue weighted by Gasteiger charge is -2.22. The third kappa shape index (κ3) is 7.13. The van der Waals surface area contributed by atoms with E-state index in [-0.39, 0.29) is 29.6 Å². The van der Waals surface area contributed by atoms with Crippen molar-refractivity contribution in [3.05, 3.63) is 93.9 Å². The van der Waals surface area contributed by atoms with Gasteiger partial charge in [0.25, 0.3) is 5.91 Å². The summed E-state index contributed by atoms with van der Waals surface area (Å²) in [5.41, 5.74) is 1.84. The summed E-state index contributed by atoms with van der Waals surface area (Å²) in [5.74, 6) is 0.254. The molecule has 1 saturated carbocycles. The molecule has 1 heterocycles. The number of furan rings is 1. The Bertz CT molecular complexity index is 1430. The maximum Gasteiger partial charge on any atom is 0.262 e. The smallest absolute Gasteiger partial charge is 0.262 e. The van der Waals surface area contributed by atoms with Crippen molar-refractivity contribution in [1.29, 1.82) is 5.26 Å². The highest BCUT2D eigenvalue weighted by Crippen LogP contribution is 2.24. The first-order valence-corrected chi connectivity index (χ1v) is 14.4. The molecule has 9 heteroatoms. The summed E-state index contributed by atoms with van der Waals surface area (Å²) < 4.78 is 34.3. The van der Waals surface area contributed by atoms with Gasteiger partial charge in [-0.1, -0.05) is 60.7 Å². The Kier molecular flexibility index (Phi) is 9.05. The van der Waals surface area contributed by atoms with Crippen LogP contribution in [0.5, 0.6) is 0 Å². The Morgan fingerprint density at radius 2 is 1.74 bits per heavy atom. The monoisotopic (exact) mass is 551 g/mol. The average Bonchev–Trinajstić information content (AvgIpc) is 3.36. The van der Waals surface area contributed by atoms with Gasteiger partial charge in [-0.15, -0.1) is 0 Å². The van der Waals surface area contributed by atoms with E-state index in [1.54, 1.807) is 12.1 Å². The van der Waals surface area contributed by atoms with E-state index in [0.717, 1.165) is 43.2 Å². The number of hydrogen-bond acceptors (Lipinski definition) is 5. The summed E-state index contributed by atoms with van der Waals surface area (Å²) in [6, 6.07) is 19.0. The summed E-state index contributed by atoms with van der Waals surface area (Å²) in [6.45, 7) is 2.06. The summed E-state index contributed by atoms with van der Waals surface area (Å²) in [6.07, 6.45) is 6.51. The lowest BCUT2D eigenvalue weighted by atomic mass is 9.95. The van der Waals surface area contributed by atoms with Gasteiger partial charge in [-0.25, -0.2) is 8.42 Å². The molecule has 1 aliphatic carbocycles. The lowest BCUT2D eigenvalue weighted by molar-refractivity contribution is -0.117. The fraction of sp³-hybridized carbons (Fsp3) is 0.310. The van der Waals surface area contributed by atoms with Crippen LogP contribution in [0.3, 0.4) is 0 Å². The second kappa shape index (κ2) is 12.4. The highest BCUT2D eigenvalue weighted by molar-refractivity contribution is 7.89. The zero-order valence-electron chi connectivity index (χ0n) is 21.2. The molecule has 38 heavy (non-hydrogen) atoms. The number of sulfonamides is 1. The summed E-state index contributed by atoms with van der Waals surface area (Å²) in [4.78, 5) is 12.7. The zero-order valence-corrected chi connectivity index (χ0v) is 22.8. The van der Waals surface area contributed by atoms with Gasteiger partial charge in [-0.2, -0.15) is 9.57 Å². The Morgan fingerprint density at radius 3 is 2.39 bits per heavy atom. The van der Waals surface area contributed by atoms with Gasteiger partial charge in [-0.05, 0) is 61.7 Å². The molecule has 4 rings (SSSR count). The fourth-order valence-corrected chi connectivity index (χ4v) is 5.93. The molecular weight excluding hydrogens is 522 g/mol. The normalized spacial score (nSPS) is 14.8. The van der Waals surface area contributed by atoms with E-state index in [4.69, 9.17) is 16.0 Å². The maximum atomic E-state index is 13.6. The summed E-state index contributed by atoms with van der Waals surface area (Å²) in [7, 11) is -3.89. The van der Waals surface area contributed by atoms with Crippen LogP contribution in [0.2, 0.25) is 5.02 Å². The largest absolute Gasteiger partial charge is 0.460 e. The van der Waals surface area contributed by atoms with Crippen molar-refractivity contribution < 1.29 is 17.6 Å². The van der Waals surface area contributed by atoms with Gasteiger partial charge in [0.15, 0.2) is 0 Å². The van der Waals surface area contributed by atoms with E-state index in [9.17, 15) is 18.5 Å². The number of nitriles is 1. The zero-order chi connectivity index (χ0) is 27.1. The van der Waals surface area contributed by atoms with Gasteiger partial charge >= 0.3 is 0 Å². The number of rotatable bonds is 9. The molecule has 0 spiro atoms. The van der Waals surface area contributed by atoms with Gasteiger partial charge in [0.1, 0.15) is 23.2 Å². The predicted molar refractivity (Wildman–Crippen MR) is 146 cm³/mol. The molecule has 7 nitrogen and oxygen atoms in total. The lowest BCUT2D eigenvalue weighted by Crippen LogP contribution is -2.36. The van der Waals surface area contributed by atoms with Crippen LogP contribution in [-0.4, -0.2) is 24.7 Å². The van der Waals surface area contributed by atoms with Crippen LogP contribution >= 0.6 is 11.6 Å². The molecule has 0 atom stereocenters. The van der Waals surface area contributed by atoms with E-state index in [0.29, 0.717) is 16.5 Å². The van der Waals surface area contributed by atoms with Crippen LogP contribution in [0.15, 0.2) is 75.5 Å². The third-order valence-corrected chi connectivity index (χ3v) is 8.60. The first-order valence-electron chi connectivity index (χ1n) is 12.6. The molecule has 1 amide bonds. The van der Waals surface area contributed by atoms with E-state index in [2.05, 4.69) is 5.32 Å². The first-order chi connectivity index (χ1) is 18.2. The summed E-state index contributed by atoms with van der Waals surface area (Å²) in [5, 5.41) is 12.9. The molecule has 0 radical (unpaired) electrons. The number of halogens is 1. The van der Waals surface area contributed by atoms with Crippen molar-refractivity contribution in [1.82, 2.24) is 9.62 Å². The molecule has 0 unspecified atom stereocenters. The first kappa shape index (κ1) is 27.6. The topological polar surface area (TPSA) is 103 Å². The van der Waals surface area contributed by atoms with Crippen molar-refractivity contribution in [2.45, 2.75) is 63.1 Å². The molecule has 2 aromatic carbocycles. The Morgan fingerprint density at radius 1 is 1.05 bits per heavy atom. The van der Waals surface area contributed by atoms with Crippen molar-refractivity contribution in [3.63, 3.8) is 0 Å². The minimum absolute atomic E-state index is 0.0389. The molecule has 198 valence electrons. The molecule has 1 N–H and O–H groups in total. The highest BCUT2D eigenvalue weighted by atomic mass is 35.5. The van der Waals surface area contributed by atoms with E-state index < -0.39 is 15.9 Å². The Labute approximate surface area is 228 Å². The van der Waals surface area contributed by atoms with Crippen molar-refractivity contribution >= 4 is 33.6 Å². The minimum Gasteiger partial charge on any atom is -0.460 e. The van der Waals surface area contributed by atoms with Crippen molar-refractivity contribution in [2.75, 3.05) is 0 Å². The summed E-state index contributed by atoms with van der Waals surface area (Å²) >= 11 is 5.97. The van der Waals surface area contributed by atoms with Crippen LogP contribution in [0.1, 0.15) is 54.8 Å². The molecule has 3 aromatic rings. The number of hydrogen-bond donors (Lipinski definition) is 1. The van der Waals surface area contributed by atoms with Gasteiger partial charge in [0.05, 0.1) is 11.4 Å². The minimum atomic E-state index is -3.89. The van der Waals surface area contributed by atoms with Crippen LogP contribution in [0.25, 0.3) is 6.08 Å². The number of carbonyl (C=O) groups is 1. The standard InChI is InChI=1S/C29H30ClN3O4S/c1-21-7-9-22(10-8-21)19-33(38(35,36)28-15-11-24(30)12-16-28)20-27-14-13-26(37-27)17-23(18-31)29(34)32-25-5-3-2-4-6-25/h7-17,25H,2-6,19-20H2,1H3,(H,32,34)/b23-17-. The number of amides is 1. The number of benzene rings is 2. The van der Waals surface area contributed by atoms with Gasteiger partial charge < -0.3 is 9.73 Å². The molecule has 0 aliphatic heterocycles. The molecular formula is C29H30ClN3O4S.